The number of hydrogen-bond donors (Lipinski definition) is 1. The zero-order valence-corrected chi connectivity index (χ0v) is 14.2. The lowest BCUT2D eigenvalue weighted by molar-refractivity contribution is -0.138. The van der Waals surface area contributed by atoms with Crippen molar-refractivity contribution in [3.63, 3.8) is 0 Å². The maximum Gasteiger partial charge on any atom is 0.226 e. The molecule has 1 amide bonds. The number of piperidine rings is 1. The number of carbonyl (C=O) groups is 1. The number of nitrogens with zero attached hydrogens (tertiary/aromatic N) is 1. The van der Waals surface area contributed by atoms with E-state index in [9.17, 15) is 4.79 Å². The summed E-state index contributed by atoms with van der Waals surface area (Å²) >= 11 is 0. The summed E-state index contributed by atoms with van der Waals surface area (Å²) in [4.78, 5) is 14.2. The molecule has 0 aliphatic carbocycles. The van der Waals surface area contributed by atoms with Gasteiger partial charge < -0.3 is 15.4 Å². The quantitative estimate of drug-likeness (QED) is 0.905. The van der Waals surface area contributed by atoms with Crippen LogP contribution in [0.3, 0.4) is 0 Å². The number of ether oxygens (including phenoxy) is 1. The molecular weight excluding hydrogens is 300 g/mol. The second-order valence-corrected chi connectivity index (χ2v) is 5.97. The lowest BCUT2D eigenvalue weighted by Gasteiger charge is -2.34. The van der Waals surface area contributed by atoms with E-state index >= 15 is 0 Å². The molecule has 5 heteroatoms. The second-order valence-electron chi connectivity index (χ2n) is 5.97. The van der Waals surface area contributed by atoms with E-state index in [2.05, 4.69) is 12.1 Å². The summed E-state index contributed by atoms with van der Waals surface area (Å²) in [5.74, 6) is 0.0679. The molecule has 1 fully saturated rings. The van der Waals surface area contributed by atoms with Gasteiger partial charge in [0, 0.05) is 19.1 Å². The molecule has 1 aliphatic heterocycles. The molecule has 0 saturated carbocycles. The van der Waals surface area contributed by atoms with E-state index in [1.165, 1.54) is 5.56 Å². The summed E-state index contributed by atoms with van der Waals surface area (Å²) in [6, 6.07) is 10.1. The first-order valence-electron chi connectivity index (χ1n) is 7.78. The normalized spacial score (nSPS) is 18.4. The van der Waals surface area contributed by atoms with Crippen LogP contribution in [0.2, 0.25) is 0 Å². The monoisotopic (exact) mass is 326 g/mol. The molecular formula is C17H27ClN2O2. The van der Waals surface area contributed by atoms with Crippen molar-refractivity contribution in [3.05, 3.63) is 35.9 Å². The molecule has 2 unspecified atom stereocenters. The highest BCUT2D eigenvalue weighted by Crippen LogP contribution is 2.18. The molecule has 2 rings (SSSR count). The van der Waals surface area contributed by atoms with Crippen LogP contribution < -0.4 is 5.73 Å². The molecule has 1 heterocycles. The van der Waals surface area contributed by atoms with E-state index in [0.717, 1.165) is 25.9 Å². The zero-order chi connectivity index (χ0) is 15.2. The van der Waals surface area contributed by atoms with Crippen LogP contribution in [0.15, 0.2) is 30.3 Å². The minimum Gasteiger partial charge on any atom is -0.373 e. The SMILES string of the molecule is CC(N)C(C)C(=O)N1CCC(OCc2ccccc2)CC1.Cl. The van der Waals surface area contributed by atoms with E-state index in [-0.39, 0.29) is 36.4 Å². The van der Waals surface area contributed by atoms with Crippen LogP contribution in [-0.4, -0.2) is 36.0 Å². The van der Waals surface area contributed by atoms with Gasteiger partial charge in [0.05, 0.1) is 18.6 Å². The number of amides is 1. The van der Waals surface area contributed by atoms with Gasteiger partial charge in [-0.2, -0.15) is 0 Å². The average molecular weight is 327 g/mol. The largest absolute Gasteiger partial charge is 0.373 e. The first kappa shape index (κ1) is 18.9. The van der Waals surface area contributed by atoms with E-state index in [1.54, 1.807) is 0 Å². The summed E-state index contributed by atoms with van der Waals surface area (Å²) in [6.07, 6.45) is 2.06. The fraction of sp³-hybridized carbons (Fsp3) is 0.588. The van der Waals surface area contributed by atoms with Crippen molar-refractivity contribution in [2.24, 2.45) is 11.7 Å². The fourth-order valence-electron chi connectivity index (χ4n) is 2.54. The Labute approximate surface area is 139 Å². The Morgan fingerprint density at radius 3 is 2.41 bits per heavy atom. The first-order chi connectivity index (χ1) is 10.1. The summed E-state index contributed by atoms with van der Waals surface area (Å²) in [5.41, 5.74) is 7.01. The Bertz CT molecular complexity index is 445. The molecule has 1 saturated heterocycles. The first-order valence-corrected chi connectivity index (χ1v) is 7.78. The zero-order valence-electron chi connectivity index (χ0n) is 13.4. The number of rotatable bonds is 5. The van der Waals surface area contributed by atoms with Gasteiger partial charge in [0.25, 0.3) is 0 Å². The molecule has 22 heavy (non-hydrogen) atoms. The van der Waals surface area contributed by atoms with Crippen LogP contribution in [0.5, 0.6) is 0 Å². The molecule has 2 atom stereocenters. The summed E-state index contributed by atoms with van der Waals surface area (Å²) < 4.78 is 5.94. The van der Waals surface area contributed by atoms with Gasteiger partial charge in [-0.1, -0.05) is 37.3 Å². The minimum atomic E-state index is -0.105. The van der Waals surface area contributed by atoms with Gasteiger partial charge in [0.15, 0.2) is 0 Å². The molecule has 0 radical (unpaired) electrons. The number of carbonyl (C=O) groups excluding carboxylic acids is 1. The fourth-order valence-corrected chi connectivity index (χ4v) is 2.54. The standard InChI is InChI=1S/C17H26N2O2.ClH/c1-13(14(2)18)17(20)19-10-8-16(9-11-19)21-12-15-6-4-3-5-7-15;/h3-7,13-14,16H,8-12,18H2,1-2H3;1H. The molecule has 0 spiro atoms. The summed E-state index contributed by atoms with van der Waals surface area (Å²) in [5, 5.41) is 0. The lowest BCUT2D eigenvalue weighted by atomic mass is 10.0. The molecule has 124 valence electrons. The van der Waals surface area contributed by atoms with Crippen LogP contribution in [0.4, 0.5) is 0 Å². The molecule has 4 nitrogen and oxygen atoms in total. The van der Waals surface area contributed by atoms with Gasteiger partial charge in [-0.05, 0) is 25.3 Å². The van der Waals surface area contributed by atoms with E-state index in [0.29, 0.717) is 6.61 Å². The van der Waals surface area contributed by atoms with Crippen molar-refractivity contribution < 1.29 is 9.53 Å². The van der Waals surface area contributed by atoms with Crippen LogP contribution in [0.25, 0.3) is 0 Å². The number of likely N-dealkylation sites (tertiary alicyclic amines) is 1. The molecule has 1 aliphatic rings. The Kier molecular flexibility index (Phi) is 7.87. The second kappa shape index (κ2) is 9.13. The van der Waals surface area contributed by atoms with Gasteiger partial charge in [0.1, 0.15) is 0 Å². The van der Waals surface area contributed by atoms with Crippen molar-refractivity contribution in [2.75, 3.05) is 13.1 Å². The number of hydrogen-bond acceptors (Lipinski definition) is 3. The van der Waals surface area contributed by atoms with E-state index in [4.69, 9.17) is 10.5 Å². The van der Waals surface area contributed by atoms with Gasteiger partial charge in [-0.15, -0.1) is 12.4 Å². The molecule has 1 aromatic carbocycles. The third-order valence-corrected chi connectivity index (χ3v) is 4.26. The van der Waals surface area contributed by atoms with Crippen molar-refractivity contribution in [2.45, 2.75) is 45.4 Å². The molecule has 0 aromatic heterocycles. The highest BCUT2D eigenvalue weighted by molar-refractivity contribution is 5.85. The van der Waals surface area contributed by atoms with Crippen LogP contribution in [-0.2, 0) is 16.1 Å². The van der Waals surface area contributed by atoms with Gasteiger partial charge in [-0.3, -0.25) is 4.79 Å². The minimum absolute atomic E-state index is 0. The van der Waals surface area contributed by atoms with E-state index < -0.39 is 0 Å². The van der Waals surface area contributed by atoms with Crippen molar-refractivity contribution in [3.8, 4) is 0 Å². The highest BCUT2D eigenvalue weighted by atomic mass is 35.5. The van der Waals surface area contributed by atoms with Gasteiger partial charge in [-0.25, -0.2) is 0 Å². The Morgan fingerprint density at radius 1 is 1.27 bits per heavy atom. The number of benzene rings is 1. The van der Waals surface area contributed by atoms with Crippen molar-refractivity contribution in [1.82, 2.24) is 4.90 Å². The average Bonchev–Trinajstić information content (AvgIpc) is 2.53. The van der Waals surface area contributed by atoms with E-state index in [1.807, 2.05) is 36.9 Å². The number of halogens is 1. The van der Waals surface area contributed by atoms with Gasteiger partial charge in [0.2, 0.25) is 5.91 Å². The predicted octanol–water partition coefficient (Wildman–Crippen LogP) is 2.60. The van der Waals surface area contributed by atoms with Crippen molar-refractivity contribution >= 4 is 18.3 Å². The topological polar surface area (TPSA) is 55.6 Å². The molecule has 1 aromatic rings. The van der Waals surface area contributed by atoms with Crippen LogP contribution in [0, 0.1) is 5.92 Å². The molecule has 0 bridgehead atoms. The predicted molar refractivity (Wildman–Crippen MR) is 90.9 cm³/mol. The highest BCUT2D eigenvalue weighted by Gasteiger charge is 2.27. The Balaban J connectivity index is 0.00000242. The van der Waals surface area contributed by atoms with Gasteiger partial charge >= 0.3 is 0 Å². The molecule has 2 N–H and O–H groups in total. The number of nitrogens with two attached hydrogens (primary N) is 1. The van der Waals surface area contributed by atoms with Crippen molar-refractivity contribution in [1.29, 1.82) is 0 Å². The smallest absolute Gasteiger partial charge is 0.226 e. The maximum atomic E-state index is 12.2. The maximum absolute atomic E-state index is 12.2. The lowest BCUT2D eigenvalue weighted by Crippen LogP contribution is -2.46. The van der Waals surface area contributed by atoms with Crippen LogP contribution in [0.1, 0.15) is 32.3 Å². The summed E-state index contributed by atoms with van der Waals surface area (Å²) in [6.45, 7) is 5.99. The Hall–Kier alpha value is -1.10. The van der Waals surface area contributed by atoms with Crippen LogP contribution >= 0.6 is 12.4 Å². The third kappa shape index (κ3) is 5.27. The third-order valence-electron chi connectivity index (χ3n) is 4.26. The Morgan fingerprint density at radius 2 is 1.86 bits per heavy atom. The summed E-state index contributed by atoms with van der Waals surface area (Å²) in [7, 11) is 0.